The first-order valence-corrected chi connectivity index (χ1v) is 6.62. The number of hydrogen-bond acceptors (Lipinski definition) is 5. The molecule has 1 fully saturated rings. The van der Waals surface area contributed by atoms with Gasteiger partial charge < -0.3 is 15.5 Å². The zero-order chi connectivity index (χ0) is 13.5. The number of rotatable bonds is 6. The van der Waals surface area contributed by atoms with Crippen molar-refractivity contribution in [3.8, 4) is 0 Å². The second-order valence-corrected chi connectivity index (χ2v) is 4.61. The quantitative estimate of drug-likeness (QED) is 0.406. The molecule has 1 aromatic heterocycles. The maximum atomic E-state index is 11.8. The van der Waals surface area contributed by atoms with Crippen LogP contribution < -0.4 is 16.6 Å². The standard InChI is InChI=1S/C13H20N4O2/c14-17-12-9-10(5-6-15-12)13(18)16-7-8-19-11-3-1-2-4-11/h5-6,9,11H,1-4,7-8,14H2,(H,15,17)(H,16,18). The SMILES string of the molecule is NNc1cc(C(=O)NCCOC2CCCC2)ccn1. The molecule has 1 aromatic rings. The Morgan fingerprint density at radius 2 is 2.26 bits per heavy atom. The van der Waals surface area contributed by atoms with Crippen LogP contribution in [0.15, 0.2) is 18.3 Å². The Bertz CT molecular complexity index is 419. The van der Waals surface area contributed by atoms with Gasteiger partial charge in [0, 0.05) is 18.3 Å². The lowest BCUT2D eigenvalue weighted by molar-refractivity contribution is 0.0582. The van der Waals surface area contributed by atoms with E-state index in [2.05, 4.69) is 15.7 Å². The number of carbonyl (C=O) groups excluding carboxylic acids is 1. The van der Waals surface area contributed by atoms with Crippen molar-refractivity contribution in [1.29, 1.82) is 0 Å². The number of pyridine rings is 1. The van der Waals surface area contributed by atoms with Gasteiger partial charge in [0.15, 0.2) is 0 Å². The molecule has 0 saturated heterocycles. The summed E-state index contributed by atoms with van der Waals surface area (Å²) in [6.07, 6.45) is 6.71. The van der Waals surface area contributed by atoms with Crippen molar-refractivity contribution in [2.24, 2.45) is 5.84 Å². The van der Waals surface area contributed by atoms with E-state index in [1.807, 2.05) is 0 Å². The summed E-state index contributed by atoms with van der Waals surface area (Å²) in [5, 5.41) is 2.81. The maximum Gasteiger partial charge on any atom is 0.251 e. The van der Waals surface area contributed by atoms with E-state index < -0.39 is 0 Å². The van der Waals surface area contributed by atoms with Crippen LogP contribution in [-0.4, -0.2) is 30.1 Å². The van der Waals surface area contributed by atoms with Gasteiger partial charge in [-0.1, -0.05) is 12.8 Å². The Morgan fingerprint density at radius 1 is 1.47 bits per heavy atom. The van der Waals surface area contributed by atoms with Gasteiger partial charge in [-0.3, -0.25) is 4.79 Å². The molecule has 0 unspecified atom stereocenters. The first-order chi connectivity index (χ1) is 9.29. The number of aromatic nitrogens is 1. The minimum atomic E-state index is -0.145. The molecule has 6 nitrogen and oxygen atoms in total. The number of ether oxygens (including phenoxy) is 1. The molecule has 0 aromatic carbocycles. The molecule has 4 N–H and O–H groups in total. The van der Waals surface area contributed by atoms with Gasteiger partial charge in [0.05, 0.1) is 12.7 Å². The number of hydrogen-bond donors (Lipinski definition) is 3. The van der Waals surface area contributed by atoms with Gasteiger partial charge in [-0.25, -0.2) is 10.8 Å². The molecule has 1 amide bonds. The zero-order valence-electron chi connectivity index (χ0n) is 10.9. The number of nitrogens with one attached hydrogen (secondary N) is 2. The minimum absolute atomic E-state index is 0.145. The molecule has 1 aliphatic carbocycles. The molecule has 0 aliphatic heterocycles. The van der Waals surface area contributed by atoms with Crippen LogP contribution in [0.1, 0.15) is 36.0 Å². The molecule has 2 rings (SSSR count). The summed E-state index contributed by atoms with van der Waals surface area (Å²) in [6, 6.07) is 3.25. The van der Waals surface area contributed by atoms with Crippen LogP contribution in [-0.2, 0) is 4.74 Å². The number of hydrazine groups is 1. The van der Waals surface area contributed by atoms with Crippen LogP contribution in [0.2, 0.25) is 0 Å². The van der Waals surface area contributed by atoms with Crippen molar-refractivity contribution in [3.63, 3.8) is 0 Å². The second kappa shape index (κ2) is 7.06. The van der Waals surface area contributed by atoms with Crippen molar-refractivity contribution in [2.45, 2.75) is 31.8 Å². The van der Waals surface area contributed by atoms with E-state index in [4.69, 9.17) is 10.6 Å². The lowest BCUT2D eigenvalue weighted by Gasteiger charge is -2.11. The van der Waals surface area contributed by atoms with Crippen LogP contribution in [0.4, 0.5) is 5.82 Å². The monoisotopic (exact) mass is 264 g/mol. The predicted molar refractivity (Wildman–Crippen MR) is 72.6 cm³/mol. The van der Waals surface area contributed by atoms with Crippen LogP contribution in [0.25, 0.3) is 0 Å². The highest BCUT2D eigenvalue weighted by atomic mass is 16.5. The topological polar surface area (TPSA) is 89.3 Å². The molecule has 1 saturated carbocycles. The molecule has 0 atom stereocenters. The minimum Gasteiger partial charge on any atom is -0.376 e. The summed E-state index contributed by atoms with van der Waals surface area (Å²) in [7, 11) is 0. The Hall–Kier alpha value is -1.66. The summed E-state index contributed by atoms with van der Waals surface area (Å²) in [4.78, 5) is 15.8. The molecule has 104 valence electrons. The van der Waals surface area contributed by atoms with Gasteiger partial charge in [0.2, 0.25) is 0 Å². The van der Waals surface area contributed by atoms with E-state index in [0.717, 1.165) is 12.8 Å². The van der Waals surface area contributed by atoms with Crippen molar-refractivity contribution in [3.05, 3.63) is 23.9 Å². The van der Waals surface area contributed by atoms with E-state index in [-0.39, 0.29) is 5.91 Å². The fraction of sp³-hybridized carbons (Fsp3) is 0.538. The average Bonchev–Trinajstić information content (AvgIpc) is 2.96. The number of nitrogens with two attached hydrogens (primary N) is 1. The largest absolute Gasteiger partial charge is 0.376 e. The highest BCUT2D eigenvalue weighted by molar-refractivity contribution is 5.94. The highest BCUT2D eigenvalue weighted by Crippen LogP contribution is 2.20. The van der Waals surface area contributed by atoms with E-state index in [9.17, 15) is 4.79 Å². The van der Waals surface area contributed by atoms with Gasteiger partial charge in [-0.05, 0) is 25.0 Å². The third kappa shape index (κ3) is 4.18. The number of nitrogen functional groups attached to an aromatic ring is 1. The third-order valence-corrected chi connectivity index (χ3v) is 3.21. The van der Waals surface area contributed by atoms with E-state index in [1.165, 1.54) is 12.8 Å². The second-order valence-electron chi connectivity index (χ2n) is 4.61. The van der Waals surface area contributed by atoms with Gasteiger partial charge in [0.1, 0.15) is 5.82 Å². The summed E-state index contributed by atoms with van der Waals surface area (Å²) >= 11 is 0. The molecule has 19 heavy (non-hydrogen) atoms. The van der Waals surface area contributed by atoms with Crippen LogP contribution in [0, 0.1) is 0 Å². The molecular formula is C13H20N4O2. The Labute approximate surface area is 112 Å². The van der Waals surface area contributed by atoms with Crippen LogP contribution >= 0.6 is 0 Å². The average molecular weight is 264 g/mol. The van der Waals surface area contributed by atoms with Crippen LogP contribution in [0.5, 0.6) is 0 Å². The summed E-state index contributed by atoms with van der Waals surface area (Å²) in [5.74, 6) is 5.57. The molecule has 1 aliphatic rings. The smallest absolute Gasteiger partial charge is 0.251 e. The van der Waals surface area contributed by atoms with Crippen molar-refractivity contribution in [1.82, 2.24) is 10.3 Å². The molecule has 0 bridgehead atoms. The lowest BCUT2D eigenvalue weighted by atomic mass is 10.2. The predicted octanol–water partition coefficient (Wildman–Crippen LogP) is 1.06. The van der Waals surface area contributed by atoms with Gasteiger partial charge >= 0.3 is 0 Å². The van der Waals surface area contributed by atoms with Gasteiger partial charge in [-0.15, -0.1) is 0 Å². The van der Waals surface area contributed by atoms with E-state index in [0.29, 0.717) is 30.6 Å². The van der Waals surface area contributed by atoms with Gasteiger partial charge in [-0.2, -0.15) is 0 Å². The first-order valence-electron chi connectivity index (χ1n) is 6.62. The van der Waals surface area contributed by atoms with Crippen molar-refractivity contribution >= 4 is 11.7 Å². The first kappa shape index (κ1) is 13.8. The van der Waals surface area contributed by atoms with Crippen molar-refractivity contribution < 1.29 is 9.53 Å². The molecule has 0 radical (unpaired) electrons. The number of anilines is 1. The van der Waals surface area contributed by atoms with E-state index >= 15 is 0 Å². The number of amides is 1. The number of nitrogens with zero attached hydrogens (tertiary/aromatic N) is 1. The lowest BCUT2D eigenvalue weighted by Crippen LogP contribution is -2.28. The Kier molecular flexibility index (Phi) is 5.11. The van der Waals surface area contributed by atoms with Gasteiger partial charge in [0.25, 0.3) is 5.91 Å². The molecule has 6 heteroatoms. The Morgan fingerprint density at radius 3 is 3.00 bits per heavy atom. The van der Waals surface area contributed by atoms with Crippen LogP contribution in [0.3, 0.4) is 0 Å². The molecule has 1 heterocycles. The molecular weight excluding hydrogens is 244 g/mol. The summed E-state index contributed by atoms with van der Waals surface area (Å²) in [6.45, 7) is 1.08. The number of carbonyl (C=O) groups is 1. The normalized spacial score (nSPS) is 15.4. The third-order valence-electron chi connectivity index (χ3n) is 3.21. The molecule has 0 spiro atoms. The fourth-order valence-corrected chi connectivity index (χ4v) is 2.20. The highest BCUT2D eigenvalue weighted by Gasteiger charge is 2.15. The fourth-order valence-electron chi connectivity index (χ4n) is 2.20. The van der Waals surface area contributed by atoms with E-state index in [1.54, 1.807) is 18.3 Å². The van der Waals surface area contributed by atoms with Crippen molar-refractivity contribution in [2.75, 3.05) is 18.6 Å². The maximum absolute atomic E-state index is 11.8. The zero-order valence-corrected chi connectivity index (χ0v) is 10.9. The summed E-state index contributed by atoms with van der Waals surface area (Å²) < 4.78 is 5.67. The Balaban J connectivity index is 1.71. The summed E-state index contributed by atoms with van der Waals surface area (Å²) in [5.41, 5.74) is 2.94.